The summed E-state index contributed by atoms with van der Waals surface area (Å²) >= 11 is 0. The van der Waals surface area contributed by atoms with Gasteiger partial charge >= 0.3 is 0 Å². The molecule has 1 aromatic rings. The molecule has 0 aliphatic rings. The maximum atomic E-state index is 3.73. The van der Waals surface area contributed by atoms with Crippen molar-refractivity contribution in [3.8, 4) is 0 Å². The average Bonchev–Trinajstić information content (AvgIpc) is 2.34. The molecule has 0 fully saturated rings. The number of hydrogen-bond acceptors (Lipinski definition) is 2. The van der Waals surface area contributed by atoms with Crippen LogP contribution >= 0.6 is 0 Å². The Kier molecular flexibility index (Phi) is 2.01. The van der Waals surface area contributed by atoms with Crippen molar-refractivity contribution in [2.24, 2.45) is 0 Å². The van der Waals surface area contributed by atoms with E-state index in [2.05, 4.69) is 17.2 Å². The van der Waals surface area contributed by atoms with Crippen LogP contribution in [-0.4, -0.2) is 15.0 Å². The largest absolute Gasteiger partial charge is 0.228 e. The lowest BCUT2D eigenvalue weighted by Gasteiger charge is -1.83. The van der Waals surface area contributed by atoms with E-state index in [0.29, 0.717) is 0 Å². The molecule has 1 aromatic heterocycles. The third-order valence-electron chi connectivity index (χ3n) is 0.935. The van der Waals surface area contributed by atoms with Gasteiger partial charge in [0.05, 0.1) is 12.4 Å². The fourth-order valence-electron chi connectivity index (χ4n) is 0.510. The molecule has 9 heavy (non-hydrogen) atoms. The lowest BCUT2D eigenvalue weighted by Crippen LogP contribution is -1.85. The van der Waals surface area contributed by atoms with Gasteiger partial charge in [0.2, 0.25) is 0 Å². The van der Waals surface area contributed by atoms with Gasteiger partial charge in [-0.25, -0.2) is 4.68 Å². The second-order valence-corrected chi connectivity index (χ2v) is 1.68. The Bertz CT molecular complexity index is 176. The summed E-state index contributed by atoms with van der Waals surface area (Å²) in [6.45, 7) is 2.08. The van der Waals surface area contributed by atoms with E-state index in [1.165, 1.54) is 0 Å². The Morgan fingerprint density at radius 1 is 1.67 bits per heavy atom. The van der Waals surface area contributed by atoms with Gasteiger partial charge in [0.25, 0.3) is 0 Å². The molecule has 0 saturated carbocycles. The molecule has 0 spiro atoms. The van der Waals surface area contributed by atoms with Crippen LogP contribution in [0, 0.1) is 0 Å². The monoisotopic (exact) mass is 123 g/mol. The van der Waals surface area contributed by atoms with E-state index in [1.807, 2.05) is 12.3 Å². The van der Waals surface area contributed by atoms with Crippen molar-refractivity contribution >= 4 is 6.20 Å². The first-order chi connectivity index (χ1) is 4.43. The normalized spacial score (nSPS) is 10.8. The Morgan fingerprint density at radius 3 is 3.11 bits per heavy atom. The molecule has 0 radical (unpaired) electrons. The molecule has 0 bridgehead atoms. The van der Waals surface area contributed by atoms with Crippen molar-refractivity contribution in [3.63, 3.8) is 0 Å². The fraction of sp³-hybridized carbons (Fsp3) is 0.333. The second kappa shape index (κ2) is 3.02. The summed E-state index contributed by atoms with van der Waals surface area (Å²) in [5.74, 6) is 0. The highest BCUT2D eigenvalue weighted by Gasteiger charge is 1.78. The van der Waals surface area contributed by atoms with Gasteiger partial charge in [-0.2, -0.15) is 0 Å². The summed E-state index contributed by atoms with van der Waals surface area (Å²) in [4.78, 5) is 0. The standard InChI is InChI=1S/C6H9N3/c1-2-3-5-9-6-4-7-8-9/h3-6H,2H2,1H3. The van der Waals surface area contributed by atoms with Crippen molar-refractivity contribution < 1.29 is 0 Å². The molecule has 0 amide bonds. The van der Waals surface area contributed by atoms with Crippen molar-refractivity contribution in [3.05, 3.63) is 18.5 Å². The number of rotatable bonds is 2. The molecule has 48 valence electrons. The van der Waals surface area contributed by atoms with Crippen LogP contribution in [0.4, 0.5) is 0 Å². The maximum absolute atomic E-state index is 3.73. The first-order valence-corrected chi connectivity index (χ1v) is 2.96. The van der Waals surface area contributed by atoms with Gasteiger partial charge in [0.15, 0.2) is 0 Å². The van der Waals surface area contributed by atoms with Crippen molar-refractivity contribution in [1.29, 1.82) is 0 Å². The van der Waals surface area contributed by atoms with Gasteiger partial charge in [0.1, 0.15) is 0 Å². The van der Waals surface area contributed by atoms with Gasteiger partial charge in [-0.15, -0.1) is 5.10 Å². The molecule has 1 rings (SSSR count). The number of allylic oxidation sites excluding steroid dienone is 1. The molecule has 0 aromatic carbocycles. The van der Waals surface area contributed by atoms with Crippen LogP contribution in [0.3, 0.4) is 0 Å². The summed E-state index contributed by atoms with van der Waals surface area (Å²) in [7, 11) is 0. The third kappa shape index (κ3) is 1.68. The van der Waals surface area contributed by atoms with Gasteiger partial charge in [0, 0.05) is 6.20 Å². The Balaban J connectivity index is 2.57. The van der Waals surface area contributed by atoms with Crippen LogP contribution in [0.25, 0.3) is 6.20 Å². The van der Waals surface area contributed by atoms with Crippen LogP contribution in [0.2, 0.25) is 0 Å². The fourth-order valence-corrected chi connectivity index (χ4v) is 0.510. The van der Waals surface area contributed by atoms with E-state index < -0.39 is 0 Å². The lowest BCUT2D eigenvalue weighted by molar-refractivity contribution is 0.838. The molecule has 1 heterocycles. The molecule has 0 N–H and O–H groups in total. The van der Waals surface area contributed by atoms with E-state index >= 15 is 0 Å². The zero-order valence-electron chi connectivity index (χ0n) is 5.36. The van der Waals surface area contributed by atoms with Crippen molar-refractivity contribution in [1.82, 2.24) is 15.0 Å². The minimum Gasteiger partial charge on any atom is -0.228 e. The van der Waals surface area contributed by atoms with Gasteiger partial charge < -0.3 is 0 Å². The molecule has 3 nitrogen and oxygen atoms in total. The molecule has 0 saturated heterocycles. The molecular weight excluding hydrogens is 114 g/mol. The first kappa shape index (κ1) is 6.01. The summed E-state index contributed by atoms with van der Waals surface area (Å²) < 4.78 is 1.67. The number of aromatic nitrogens is 3. The highest BCUT2D eigenvalue weighted by Crippen LogP contribution is 1.84. The average molecular weight is 123 g/mol. The molecule has 0 unspecified atom stereocenters. The molecule has 0 atom stereocenters. The number of nitrogens with zero attached hydrogens (tertiary/aromatic N) is 3. The zero-order valence-corrected chi connectivity index (χ0v) is 5.36. The van der Waals surface area contributed by atoms with Gasteiger partial charge in [-0.1, -0.05) is 18.2 Å². The maximum Gasteiger partial charge on any atom is 0.0697 e. The van der Waals surface area contributed by atoms with Crippen LogP contribution < -0.4 is 0 Å². The van der Waals surface area contributed by atoms with E-state index in [0.717, 1.165) is 6.42 Å². The van der Waals surface area contributed by atoms with E-state index in [4.69, 9.17) is 0 Å². The van der Waals surface area contributed by atoms with Crippen LogP contribution in [0.15, 0.2) is 18.5 Å². The molecule has 0 aliphatic heterocycles. The molecule has 3 heteroatoms. The smallest absolute Gasteiger partial charge is 0.0697 e. The summed E-state index contributed by atoms with van der Waals surface area (Å²) in [6.07, 6.45) is 8.38. The van der Waals surface area contributed by atoms with E-state index in [1.54, 1.807) is 17.1 Å². The Hall–Kier alpha value is -1.12. The zero-order chi connectivity index (χ0) is 6.53. The summed E-state index contributed by atoms with van der Waals surface area (Å²) in [5, 5.41) is 7.37. The summed E-state index contributed by atoms with van der Waals surface area (Å²) in [6, 6.07) is 0. The Labute approximate surface area is 54.0 Å². The Morgan fingerprint density at radius 2 is 2.56 bits per heavy atom. The van der Waals surface area contributed by atoms with Crippen molar-refractivity contribution in [2.45, 2.75) is 13.3 Å². The SMILES string of the molecule is CCC=Cn1ccnn1. The van der Waals surface area contributed by atoms with Crippen LogP contribution in [0.1, 0.15) is 13.3 Å². The molecular formula is C6H9N3. The first-order valence-electron chi connectivity index (χ1n) is 2.96. The van der Waals surface area contributed by atoms with Gasteiger partial charge in [-0.3, -0.25) is 0 Å². The quantitative estimate of drug-likeness (QED) is 0.590. The highest BCUT2D eigenvalue weighted by atomic mass is 15.4. The highest BCUT2D eigenvalue weighted by molar-refractivity contribution is 5.17. The second-order valence-electron chi connectivity index (χ2n) is 1.68. The third-order valence-corrected chi connectivity index (χ3v) is 0.935. The van der Waals surface area contributed by atoms with Crippen LogP contribution in [0.5, 0.6) is 0 Å². The lowest BCUT2D eigenvalue weighted by atomic mass is 10.5. The number of hydrogen-bond donors (Lipinski definition) is 0. The van der Waals surface area contributed by atoms with E-state index in [9.17, 15) is 0 Å². The van der Waals surface area contributed by atoms with Crippen molar-refractivity contribution in [2.75, 3.05) is 0 Å². The van der Waals surface area contributed by atoms with Crippen LogP contribution in [-0.2, 0) is 0 Å². The predicted molar refractivity (Wildman–Crippen MR) is 35.6 cm³/mol. The topological polar surface area (TPSA) is 30.7 Å². The minimum atomic E-state index is 1.03. The van der Waals surface area contributed by atoms with E-state index in [-0.39, 0.29) is 0 Å². The van der Waals surface area contributed by atoms with Gasteiger partial charge in [-0.05, 0) is 6.42 Å². The summed E-state index contributed by atoms with van der Waals surface area (Å²) in [5.41, 5.74) is 0. The minimum absolute atomic E-state index is 1.03. The predicted octanol–water partition coefficient (Wildman–Crippen LogP) is 1.16. The molecule has 0 aliphatic carbocycles.